The molecular formula is C15H32O4S. The number of aliphatic hydroxyl groups excluding tert-OH is 1. The normalized spacial score (nSPS) is 15.2. The minimum Gasteiger partial charge on any atom is -0.392 e. The molecule has 0 amide bonds. The third kappa shape index (κ3) is 9.72. The molecule has 0 bridgehead atoms. The Morgan fingerprint density at radius 1 is 0.850 bits per heavy atom. The fraction of sp³-hybridized carbons (Fsp3) is 1.00. The molecule has 0 spiro atoms. The lowest BCUT2D eigenvalue weighted by Gasteiger charge is -2.18. The Morgan fingerprint density at radius 3 is 1.70 bits per heavy atom. The highest BCUT2D eigenvalue weighted by atomic mass is 32.2. The highest BCUT2D eigenvalue weighted by Gasteiger charge is 2.29. The number of aliphatic hydroxyl groups is 1. The summed E-state index contributed by atoms with van der Waals surface area (Å²) in [6, 6.07) is 0. The van der Waals surface area contributed by atoms with Crippen LogP contribution in [0.1, 0.15) is 84.5 Å². The molecule has 0 aliphatic heterocycles. The second kappa shape index (κ2) is 11.5. The summed E-state index contributed by atoms with van der Waals surface area (Å²) >= 11 is 0. The monoisotopic (exact) mass is 308 g/mol. The van der Waals surface area contributed by atoms with Gasteiger partial charge in [0.25, 0.3) is 10.1 Å². The van der Waals surface area contributed by atoms with Crippen molar-refractivity contribution < 1.29 is 18.1 Å². The van der Waals surface area contributed by atoms with Gasteiger partial charge in [-0.1, -0.05) is 71.6 Å². The van der Waals surface area contributed by atoms with Crippen LogP contribution in [0.15, 0.2) is 0 Å². The Labute approximate surface area is 124 Å². The number of hydrogen-bond donors (Lipinski definition) is 2. The summed E-state index contributed by atoms with van der Waals surface area (Å²) in [5.41, 5.74) is 0. The van der Waals surface area contributed by atoms with Gasteiger partial charge in [-0.2, -0.15) is 8.42 Å². The Hall–Kier alpha value is -0.130. The lowest BCUT2D eigenvalue weighted by molar-refractivity contribution is 0.155. The van der Waals surface area contributed by atoms with E-state index >= 15 is 0 Å². The standard InChI is InChI=1S/C15H32O4S/c1-3-5-6-7-8-9-10-11-12-13-15(14(16)4-2)20(17,18)19/h14-16H,3-13H2,1-2H3,(H,17,18,19). The molecule has 0 saturated heterocycles. The van der Waals surface area contributed by atoms with Crippen LogP contribution in [0, 0.1) is 0 Å². The van der Waals surface area contributed by atoms with E-state index in [1.807, 2.05) is 0 Å². The molecule has 20 heavy (non-hydrogen) atoms. The van der Waals surface area contributed by atoms with E-state index in [1.54, 1.807) is 6.92 Å². The SMILES string of the molecule is CCCCCCCCCCCC(C(O)CC)S(=O)(=O)O. The Balaban J connectivity index is 3.70. The summed E-state index contributed by atoms with van der Waals surface area (Å²) in [6.45, 7) is 3.93. The topological polar surface area (TPSA) is 74.6 Å². The van der Waals surface area contributed by atoms with Gasteiger partial charge in [0, 0.05) is 0 Å². The van der Waals surface area contributed by atoms with E-state index in [0.717, 1.165) is 19.3 Å². The smallest absolute Gasteiger partial charge is 0.270 e. The molecule has 122 valence electrons. The zero-order valence-corrected chi connectivity index (χ0v) is 13.9. The average molecular weight is 308 g/mol. The van der Waals surface area contributed by atoms with Crippen molar-refractivity contribution >= 4 is 10.1 Å². The van der Waals surface area contributed by atoms with Crippen molar-refractivity contribution in [1.82, 2.24) is 0 Å². The first-order valence-corrected chi connectivity index (χ1v) is 9.58. The van der Waals surface area contributed by atoms with Crippen molar-refractivity contribution in [2.45, 2.75) is 95.8 Å². The maximum Gasteiger partial charge on any atom is 0.270 e. The quantitative estimate of drug-likeness (QED) is 0.399. The number of unbranched alkanes of at least 4 members (excludes halogenated alkanes) is 8. The highest BCUT2D eigenvalue weighted by Crippen LogP contribution is 2.17. The molecule has 0 rings (SSSR count). The maximum absolute atomic E-state index is 11.2. The lowest BCUT2D eigenvalue weighted by atomic mass is 10.0. The van der Waals surface area contributed by atoms with E-state index in [1.165, 1.54) is 38.5 Å². The fourth-order valence-electron chi connectivity index (χ4n) is 2.46. The Kier molecular flexibility index (Phi) is 11.4. The van der Waals surface area contributed by atoms with Crippen molar-refractivity contribution in [2.75, 3.05) is 0 Å². The lowest BCUT2D eigenvalue weighted by Crippen LogP contribution is -2.33. The molecule has 2 unspecified atom stereocenters. The summed E-state index contributed by atoms with van der Waals surface area (Å²) in [6.07, 6.45) is 10.2. The minimum absolute atomic E-state index is 0.349. The van der Waals surface area contributed by atoms with Gasteiger partial charge in [-0.15, -0.1) is 0 Å². The Morgan fingerprint density at radius 2 is 1.30 bits per heavy atom. The van der Waals surface area contributed by atoms with Crippen LogP contribution in [-0.2, 0) is 10.1 Å². The fourth-order valence-corrected chi connectivity index (χ4v) is 3.51. The van der Waals surface area contributed by atoms with Gasteiger partial charge in [0.05, 0.1) is 6.10 Å². The largest absolute Gasteiger partial charge is 0.392 e. The predicted octanol–water partition coefficient (Wildman–Crippen LogP) is 3.93. The average Bonchev–Trinajstić information content (AvgIpc) is 2.39. The molecule has 0 aliphatic carbocycles. The number of rotatable bonds is 13. The Bertz CT molecular complexity index is 314. The van der Waals surface area contributed by atoms with Crippen LogP contribution in [0.5, 0.6) is 0 Å². The van der Waals surface area contributed by atoms with Gasteiger partial charge in [-0.3, -0.25) is 4.55 Å². The zero-order valence-electron chi connectivity index (χ0n) is 13.1. The van der Waals surface area contributed by atoms with E-state index < -0.39 is 21.5 Å². The molecule has 0 aromatic rings. The first-order chi connectivity index (χ1) is 9.43. The molecule has 0 fully saturated rings. The molecule has 0 heterocycles. The van der Waals surface area contributed by atoms with E-state index in [2.05, 4.69) is 6.92 Å². The van der Waals surface area contributed by atoms with Gasteiger partial charge < -0.3 is 5.11 Å². The summed E-state index contributed by atoms with van der Waals surface area (Å²) in [7, 11) is -4.13. The summed E-state index contributed by atoms with van der Waals surface area (Å²) in [5.74, 6) is 0. The maximum atomic E-state index is 11.2. The van der Waals surface area contributed by atoms with E-state index in [0.29, 0.717) is 12.8 Å². The highest BCUT2D eigenvalue weighted by molar-refractivity contribution is 7.86. The number of hydrogen-bond acceptors (Lipinski definition) is 3. The van der Waals surface area contributed by atoms with Gasteiger partial charge in [0.15, 0.2) is 0 Å². The zero-order chi connectivity index (χ0) is 15.4. The van der Waals surface area contributed by atoms with E-state index in [-0.39, 0.29) is 0 Å². The molecule has 0 aromatic heterocycles. The van der Waals surface area contributed by atoms with Crippen molar-refractivity contribution in [2.24, 2.45) is 0 Å². The van der Waals surface area contributed by atoms with Crippen LogP contribution in [0.3, 0.4) is 0 Å². The molecule has 0 aliphatic rings. The van der Waals surface area contributed by atoms with Crippen molar-refractivity contribution in [3.8, 4) is 0 Å². The molecule has 2 N–H and O–H groups in total. The predicted molar refractivity (Wildman–Crippen MR) is 83.5 cm³/mol. The first-order valence-electron chi connectivity index (χ1n) is 8.07. The molecule has 2 atom stereocenters. The van der Waals surface area contributed by atoms with Crippen molar-refractivity contribution in [3.63, 3.8) is 0 Å². The molecule has 0 saturated carbocycles. The van der Waals surface area contributed by atoms with Gasteiger partial charge in [0.1, 0.15) is 5.25 Å². The molecule has 0 radical (unpaired) electrons. The third-order valence-corrected chi connectivity index (χ3v) is 5.14. The van der Waals surface area contributed by atoms with Gasteiger partial charge in [-0.25, -0.2) is 0 Å². The van der Waals surface area contributed by atoms with Crippen molar-refractivity contribution in [3.05, 3.63) is 0 Å². The molecule has 4 nitrogen and oxygen atoms in total. The molecule has 0 aromatic carbocycles. The van der Waals surface area contributed by atoms with E-state index in [4.69, 9.17) is 4.55 Å². The van der Waals surface area contributed by atoms with Gasteiger partial charge in [0.2, 0.25) is 0 Å². The summed E-state index contributed by atoms with van der Waals surface area (Å²) in [5, 5.41) is 8.62. The van der Waals surface area contributed by atoms with Crippen LogP contribution in [0.25, 0.3) is 0 Å². The minimum atomic E-state index is -4.13. The second-order valence-corrected chi connectivity index (χ2v) is 7.28. The van der Waals surface area contributed by atoms with E-state index in [9.17, 15) is 13.5 Å². The first kappa shape index (κ1) is 19.9. The van der Waals surface area contributed by atoms with Crippen LogP contribution in [0.4, 0.5) is 0 Å². The second-order valence-electron chi connectivity index (χ2n) is 5.65. The van der Waals surface area contributed by atoms with Gasteiger partial charge in [-0.05, 0) is 12.8 Å². The third-order valence-electron chi connectivity index (χ3n) is 3.82. The summed E-state index contributed by atoms with van der Waals surface area (Å²) < 4.78 is 31.5. The summed E-state index contributed by atoms with van der Waals surface area (Å²) in [4.78, 5) is 0. The molecule has 5 heteroatoms. The van der Waals surface area contributed by atoms with Crippen molar-refractivity contribution in [1.29, 1.82) is 0 Å². The van der Waals surface area contributed by atoms with Crippen LogP contribution in [-0.4, -0.2) is 29.4 Å². The van der Waals surface area contributed by atoms with Crippen LogP contribution < -0.4 is 0 Å². The van der Waals surface area contributed by atoms with Crippen LogP contribution >= 0.6 is 0 Å². The molecular weight excluding hydrogens is 276 g/mol. The van der Waals surface area contributed by atoms with Crippen LogP contribution in [0.2, 0.25) is 0 Å². The van der Waals surface area contributed by atoms with Gasteiger partial charge >= 0.3 is 0 Å².